The Morgan fingerprint density at radius 3 is 2.69 bits per heavy atom. The van der Waals surface area contributed by atoms with Crippen LogP contribution in [0.3, 0.4) is 0 Å². The number of fused-ring (bicyclic) bond motifs is 1. The van der Waals surface area contributed by atoms with E-state index in [4.69, 9.17) is 0 Å². The Balaban J connectivity index is 1.61. The van der Waals surface area contributed by atoms with Crippen LogP contribution >= 0.6 is 11.3 Å². The highest BCUT2D eigenvalue weighted by Gasteiger charge is 2.44. The maximum absolute atomic E-state index is 13.8. The molecule has 0 bridgehead atoms. The van der Waals surface area contributed by atoms with E-state index in [1.807, 2.05) is 37.4 Å². The van der Waals surface area contributed by atoms with E-state index in [9.17, 15) is 9.18 Å². The maximum atomic E-state index is 13.8. The molecule has 0 radical (unpaired) electrons. The molecule has 0 aliphatic heterocycles. The zero-order valence-electron chi connectivity index (χ0n) is 14.7. The Bertz CT molecular complexity index is 913. The molecule has 1 fully saturated rings. The van der Waals surface area contributed by atoms with Crippen molar-refractivity contribution in [1.29, 1.82) is 0 Å². The molecule has 1 aliphatic carbocycles. The summed E-state index contributed by atoms with van der Waals surface area (Å²) in [6, 6.07) is 14.5. The van der Waals surface area contributed by atoms with Gasteiger partial charge >= 0.3 is 0 Å². The first-order valence-corrected chi connectivity index (χ1v) is 9.76. The molecule has 1 heterocycles. The van der Waals surface area contributed by atoms with Gasteiger partial charge in [-0.25, -0.2) is 9.37 Å². The number of nitrogens with zero attached hydrogens (tertiary/aromatic N) is 2. The van der Waals surface area contributed by atoms with Crippen molar-refractivity contribution in [2.24, 2.45) is 0 Å². The SMILES string of the molecule is CN(Cc1nc2ccccc2s1)C(=O)C1(c2cccc(F)c2)CCCC1. The number of aromatic nitrogens is 1. The van der Waals surface area contributed by atoms with Crippen molar-refractivity contribution in [1.82, 2.24) is 9.88 Å². The van der Waals surface area contributed by atoms with Crippen LogP contribution < -0.4 is 0 Å². The molecule has 1 amide bonds. The van der Waals surface area contributed by atoms with Gasteiger partial charge in [0.2, 0.25) is 5.91 Å². The molecule has 3 aromatic rings. The third-order valence-corrected chi connectivity index (χ3v) is 6.32. The Kier molecular flexibility index (Phi) is 4.49. The average molecular weight is 368 g/mol. The molecule has 0 unspecified atom stereocenters. The Hall–Kier alpha value is -2.27. The third kappa shape index (κ3) is 3.01. The van der Waals surface area contributed by atoms with Gasteiger partial charge in [-0.3, -0.25) is 4.79 Å². The van der Waals surface area contributed by atoms with Crippen LogP contribution in [0.1, 0.15) is 36.3 Å². The number of carbonyl (C=O) groups is 1. The predicted octanol–water partition coefficient (Wildman–Crippen LogP) is 4.91. The Labute approximate surface area is 156 Å². The van der Waals surface area contributed by atoms with Gasteiger partial charge in [0.15, 0.2) is 0 Å². The second-order valence-corrected chi connectivity index (χ2v) is 8.15. The van der Waals surface area contributed by atoms with E-state index in [1.54, 1.807) is 22.3 Å². The number of halogens is 1. The van der Waals surface area contributed by atoms with Gasteiger partial charge in [-0.2, -0.15) is 0 Å². The van der Waals surface area contributed by atoms with Crippen molar-refractivity contribution >= 4 is 27.5 Å². The van der Waals surface area contributed by atoms with Gasteiger partial charge < -0.3 is 4.90 Å². The summed E-state index contributed by atoms with van der Waals surface area (Å²) >= 11 is 1.62. The molecule has 134 valence electrons. The number of carbonyl (C=O) groups excluding carboxylic acids is 1. The van der Waals surface area contributed by atoms with E-state index in [1.165, 1.54) is 12.1 Å². The first kappa shape index (κ1) is 17.2. The number of thiazole rings is 1. The van der Waals surface area contributed by atoms with Crippen LogP contribution in [-0.2, 0) is 16.8 Å². The van der Waals surface area contributed by atoms with Gasteiger partial charge in [0.1, 0.15) is 10.8 Å². The second-order valence-electron chi connectivity index (χ2n) is 7.04. The Morgan fingerprint density at radius 1 is 1.19 bits per heavy atom. The van der Waals surface area contributed by atoms with Crippen molar-refractivity contribution in [2.75, 3.05) is 7.05 Å². The van der Waals surface area contributed by atoms with Crippen molar-refractivity contribution in [3.63, 3.8) is 0 Å². The van der Waals surface area contributed by atoms with Crippen molar-refractivity contribution in [3.8, 4) is 0 Å². The topological polar surface area (TPSA) is 33.2 Å². The number of rotatable bonds is 4. The van der Waals surface area contributed by atoms with E-state index < -0.39 is 5.41 Å². The van der Waals surface area contributed by atoms with Gasteiger partial charge in [0.25, 0.3) is 0 Å². The maximum Gasteiger partial charge on any atom is 0.233 e. The van der Waals surface area contributed by atoms with Crippen LogP contribution in [0.2, 0.25) is 0 Å². The number of hydrogen-bond donors (Lipinski definition) is 0. The smallest absolute Gasteiger partial charge is 0.233 e. The normalized spacial score (nSPS) is 16.1. The minimum atomic E-state index is -0.604. The summed E-state index contributed by atoms with van der Waals surface area (Å²) in [4.78, 5) is 19.8. The van der Waals surface area contributed by atoms with Crippen molar-refractivity contribution in [2.45, 2.75) is 37.6 Å². The molecule has 4 rings (SSSR count). The van der Waals surface area contributed by atoms with Crippen LogP contribution in [0.25, 0.3) is 10.2 Å². The molecule has 0 saturated heterocycles. The van der Waals surface area contributed by atoms with Gasteiger partial charge in [-0.05, 0) is 42.7 Å². The lowest BCUT2D eigenvalue weighted by molar-refractivity contribution is -0.136. The molecule has 1 aromatic heterocycles. The fourth-order valence-corrected chi connectivity index (χ4v) is 5.04. The first-order valence-electron chi connectivity index (χ1n) is 8.94. The largest absolute Gasteiger partial charge is 0.338 e. The molecule has 1 aliphatic rings. The zero-order chi connectivity index (χ0) is 18.1. The van der Waals surface area contributed by atoms with E-state index in [0.717, 1.165) is 46.5 Å². The molecule has 3 nitrogen and oxygen atoms in total. The average Bonchev–Trinajstić information content (AvgIpc) is 3.28. The highest BCUT2D eigenvalue weighted by molar-refractivity contribution is 7.18. The van der Waals surface area contributed by atoms with E-state index >= 15 is 0 Å². The molecule has 0 atom stereocenters. The minimum Gasteiger partial charge on any atom is -0.338 e. The quantitative estimate of drug-likeness (QED) is 0.656. The summed E-state index contributed by atoms with van der Waals surface area (Å²) < 4.78 is 14.9. The van der Waals surface area contributed by atoms with Crippen LogP contribution in [0, 0.1) is 5.82 Å². The van der Waals surface area contributed by atoms with Gasteiger partial charge in [-0.15, -0.1) is 11.3 Å². The summed E-state index contributed by atoms with van der Waals surface area (Å²) in [6.07, 6.45) is 3.55. The van der Waals surface area contributed by atoms with Crippen molar-refractivity contribution < 1.29 is 9.18 Å². The molecular weight excluding hydrogens is 347 g/mol. The molecule has 0 N–H and O–H groups in total. The number of benzene rings is 2. The Morgan fingerprint density at radius 2 is 1.96 bits per heavy atom. The highest BCUT2D eigenvalue weighted by atomic mass is 32.1. The zero-order valence-corrected chi connectivity index (χ0v) is 15.6. The van der Waals surface area contributed by atoms with Crippen LogP contribution in [0.15, 0.2) is 48.5 Å². The summed E-state index contributed by atoms with van der Waals surface area (Å²) in [7, 11) is 1.83. The number of para-hydroxylation sites is 1. The van der Waals surface area contributed by atoms with E-state index in [0.29, 0.717) is 6.54 Å². The summed E-state index contributed by atoms with van der Waals surface area (Å²) in [5.74, 6) is -0.213. The fraction of sp³-hybridized carbons (Fsp3) is 0.333. The molecular formula is C21H21FN2OS. The molecule has 1 saturated carbocycles. The number of hydrogen-bond acceptors (Lipinski definition) is 3. The lowest BCUT2D eigenvalue weighted by Gasteiger charge is -2.32. The number of amides is 1. The summed E-state index contributed by atoms with van der Waals surface area (Å²) in [6.45, 7) is 0.481. The first-order chi connectivity index (χ1) is 12.6. The second kappa shape index (κ2) is 6.80. The molecule has 26 heavy (non-hydrogen) atoms. The highest BCUT2D eigenvalue weighted by Crippen LogP contribution is 2.43. The molecule has 5 heteroatoms. The van der Waals surface area contributed by atoms with Gasteiger partial charge in [-0.1, -0.05) is 37.1 Å². The van der Waals surface area contributed by atoms with Crippen LogP contribution in [-0.4, -0.2) is 22.8 Å². The summed E-state index contributed by atoms with van der Waals surface area (Å²) in [5, 5.41) is 0.925. The van der Waals surface area contributed by atoms with Crippen LogP contribution in [0.5, 0.6) is 0 Å². The third-order valence-electron chi connectivity index (χ3n) is 5.30. The predicted molar refractivity (Wildman–Crippen MR) is 103 cm³/mol. The fourth-order valence-electron chi connectivity index (χ4n) is 4.02. The lowest BCUT2D eigenvalue weighted by Crippen LogP contribution is -2.43. The minimum absolute atomic E-state index is 0.0693. The van der Waals surface area contributed by atoms with Gasteiger partial charge in [0.05, 0.1) is 22.2 Å². The molecule has 0 spiro atoms. The summed E-state index contributed by atoms with van der Waals surface area (Å²) in [5.41, 5.74) is 1.17. The van der Waals surface area contributed by atoms with Crippen LogP contribution in [0.4, 0.5) is 4.39 Å². The van der Waals surface area contributed by atoms with E-state index in [2.05, 4.69) is 4.98 Å². The molecule has 2 aromatic carbocycles. The number of likely N-dealkylation sites (N-methyl/N-ethyl adjacent to an activating group) is 1. The monoisotopic (exact) mass is 368 g/mol. The standard InChI is InChI=1S/C21H21FN2OS/c1-24(14-19-23-17-9-2-3-10-18(17)26-19)20(25)21(11-4-5-12-21)15-7-6-8-16(22)13-15/h2-3,6-10,13H,4-5,11-12,14H2,1H3. The lowest BCUT2D eigenvalue weighted by atomic mass is 9.77. The van der Waals surface area contributed by atoms with Crippen molar-refractivity contribution in [3.05, 3.63) is 64.9 Å². The van der Waals surface area contributed by atoms with Gasteiger partial charge in [0, 0.05) is 7.05 Å². The van der Waals surface area contributed by atoms with E-state index in [-0.39, 0.29) is 11.7 Å².